The van der Waals surface area contributed by atoms with E-state index >= 15 is 0 Å². The van der Waals surface area contributed by atoms with Gasteiger partial charge in [0.15, 0.2) is 23.0 Å². The highest BCUT2D eigenvalue weighted by Crippen LogP contribution is 2.41. The predicted molar refractivity (Wildman–Crippen MR) is 105 cm³/mol. The number of aliphatic hydroxyl groups excluding tert-OH is 2. The van der Waals surface area contributed by atoms with Gasteiger partial charge in [0.05, 0.1) is 27.9 Å². The Morgan fingerprint density at radius 3 is 2.11 bits per heavy atom. The minimum atomic E-state index is -0.988. The van der Waals surface area contributed by atoms with Gasteiger partial charge in [0.25, 0.3) is 0 Å². The molecule has 0 aliphatic heterocycles. The number of hydrogen-bond acceptors (Lipinski definition) is 7. The molecular formula is C21H26O7. The summed E-state index contributed by atoms with van der Waals surface area (Å²) in [6.45, 7) is 1.63. The first-order valence-corrected chi connectivity index (χ1v) is 8.70. The van der Waals surface area contributed by atoms with E-state index in [4.69, 9.17) is 24.1 Å². The third kappa shape index (κ3) is 4.88. The van der Waals surface area contributed by atoms with Gasteiger partial charge in [-0.2, -0.15) is 0 Å². The van der Waals surface area contributed by atoms with Gasteiger partial charge in [-0.05, 0) is 42.3 Å². The van der Waals surface area contributed by atoms with Crippen LogP contribution < -0.4 is 18.9 Å². The number of methoxy groups -OCH3 is 3. The lowest BCUT2D eigenvalue weighted by molar-refractivity contribution is 0.0433. The molecule has 0 unspecified atom stereocenters. The second-order valence-corrected chi connectivity index (χ2v) is 6.04. The van der Waals surface area contributed by atoms with Gasteiger partial charge in [-0.1, -0.05) is 18.2 Å². The molecule has 7 heteroatoms. The first-order chi connectivity index (χ1) is 13.4. The summed E-state index contributed by atoms with van der Waals surface area (Å²) in [7, 11) is 4.45. The van der Waals surface area contributed by atoms with Gasteiger partial charge in [-0.15, -0.1) is 0 Å². The fourth-order valence-corrected chi connectivity index (χ4v) is 2.70. The molecule has 0 radical (unpaired) electrons. The maximum atomic E-state index is 10.7. The molecule has 2 aromatic rings. The van der Waals surface area contributed by atoms with E-state index in [1.54, 1.807) is 43.3 Å². The van der Waals surface area contributed by atoms with E-state index in [0.29, 0.717) is 22.8 Å². The summed E-state index contributed by atoms with van der Waals surface area (Å²) in [4.78, 5) is 0. The molecule has 0 aliphatic rings. The van der Waals surface area contributed by atoms with Crippen LogP contribution >= 0.6 is 0 Å². The van der Waals surface area contributed by atoms with Crippen molar-refractivity contribution < 1.29 is 34.3 Å². The molecule has 2 aromatic carbocycles. The maximum absolute atomic E-state index is 10.7. The third-order valence-electron chi connectivity index (χ3n) is 4.19. The summed E-state index contributed by atoms with van der Waals surface area (Å²) in [5.74, 6) is 1.46. The molecule has 0 heterocycles. The van der Waals surface area contributed by atoms with E-state index in [0.717, 1.165) is 5.56 Å². The van der Waals surface area contributed by atoms with Gasteiger partial charge in [0, 0.05) is 0 Å². The molecule has 0 spiro atoms. The van der Waals surface area contributed by atoms with E-state index in [1.165, 1.54) is 27.4 Å². The number of aliphatic hydroxyl groups is 2. The molecule has 2 atom stereocenters. The molecule has 2 rings (SSSR count). The van der Waals surface area contributed by atoms with Gasteiger partial charge in [-0.25, -0.2) is 0 Å². The van der Waals surface area contributed by atoms with Crippen molar-refractivity contribution in [2.45, 2.75) is 19.1 Å². The second kappa shape index (κ2) is 9.87. The molecule has 0 fully saturated rings. The van der Waals surface area contributed by atoms with Crippen molar-refractivity contribution in [1.82, 2.24) is 0 Å². The number of phenols is 1. The first-order valence-electron chi connectivity index (χ1n) is 8.70. The van der Waals surface area contributed by atoms with E-state index in [-0.39, 0.29) is 18.1 Å². The van der Waals surface area contributed by atoms with Crippen molar-refractivity contribution in [3.63, 3.8) is 0 Å². The molecule has 0 aliphatic carbocycles. The van der Waals surface area contributed by atoms with Crippen molar-refractivity contribution in [2.24, 2.45) is 0 Å². The van der Waals surface area contributed by atoms with Crippen molar-refractivity contribution in [3.05, 3.63) is 47.5 Å². The monoisotopic (exact) mass is 390 g/mol. The minimum absolute atomic E-state index is 0.0121. The molecule has 7 nitrogen and oxygen atoms in total. The van der Waals surface area contributed by atoms with Gasteiger partial charge in [0.2, 0.25) is 5.75 Å². The lowest BCUT2D eigenvalue weighted by Crippen LogP contribution is -2.22. The van der Waals surface area contributed by atoms with E-state index in [2.05, 4.69) is 0 Å². The smallest absolute Gasteiger partial charge is 0.203 e. The fraction of sp³-hybridized carbons (Fsp3) is 0.333. The highest BCUT2D eigenvalue weighted by molar-refractivity contribution is 5.62. The van der Waals surface area contributed by atoms with Crippen LogP contribution in [0.15, 0.2) is 36.4 Å². The molecule has 152 valence electrons. The molecule has 0 saturated heterocycles. The third-order valence-corrected chi connectivity index (χ3v) is 4.19. The quantitative estimate of drug-likeness (QED) is 0.606. The number of phenolic OH excluding ortho intramolecular Hbond substituents is 1. The molecular weight excluding hydrogens is 364 g/mol. The molecule has 0 amide bonds. The zero-order chi connectivity index (χ0) is 20.7. The SMILES string of the molecule is COc1cc([C@@H](O)[C@H](C)Oc2c(OC)cc(/C=C\CO)cc2OC)ccc1O. The Kier molecular flexibility index (Phi) is 7.54. The van der Waals surface area contributed by atoms with Gasteiger partial charge >= 0.3 is 0 Å². The summed E-state index contributed by atoms with van der Waals surface area (Å²) in [6, 6.07) is 8.09. The van der Waals surface area contributed by atoms with E-state index < -0.39 is 12.2 Å². The summed E-state index contributed by atoms with van der Waals surface area (Å²) in [5, 5.41) is 29.4. The topological polar surface area (TPSA) is 97.6 Å². The fourth-order valence-electron chi connectivity index (χ4n) is 2.70. The van der Waals surface area contributed by atoms with Crippen LogP contribution in [0.3, 0.4) is 0 Å². The van der Waals surface area contributed by atoms with E-state index in [1.807, 2.05) is 0 Å². The highest BCUT2D eigenvalue weighted by Gasteiger charge is 2.23. The van der Waals surface area contributed by atoms with Crippen molar-refractivity contribution >= 4 is 6.08 Å². The van der Waals surface area contributed by atoms with Crippen LogP contribution in [0.25, 0.3) is 6.08 Å². The molecule has 0 saturated carbocycles. The zero-order valence-corrected chi connectivity index (χ0v) is 16.4. The Balaban J connectivity index is 2.31. The Morgan fingerprint density at radius 1 is 0.964 bits per heavy atom. The van der Waals surface area contributed by atoms with Crippen LogP contribution in [0.2, 0.25) is 0 Å². The standard InChI is InChI=1S/C21H26O7/c1-13(20(24)15-7-8-16(23)17(12-15)25-2)28-21-18(26-3)10-14(6-5-9-22)11-19(21)27-4/h5-8,10-13,20,22-24H,9H2,1-4H3/b6-5-/t13-,20-/m0/s1. The Morgan fingerprint density at radius 2 is 1.57 bits per heavy atom. The number of aromatic hydroxyl groups is 1. The first kappa shape index (κ1) is 21.4. The zero-order valence-electron chi connectivity index (χ0n) is 16.4. The van der Waals surface area contributed by atoms with Gasteiger partial charge in [-0.3, -0.25) is 0 Å². The van der Waals surface area contributed by atoms with Crippen molar-refractivity contribution in [2.75, 3.05) is 27.9 Å². The van der Waals surface area contributed by atoms with Crippen LogP contribution in [0.4, 0.5) is 0 Å². The highest BCUT2D eigenvalue weighted by atomic mass is 16.5. The van der Waals surface area contributed by atoms with Crippen molar-refractivity contribution in [3.8, 4) is 28.7 Å². The average molecular weight is 390 g/mol. The molecule has 3 N–H and O–H groups in total. The lowest BCUT2D eigenvalue weighted by atomic mass is 10.0. The van der Waals surface area contributed by atoms with E-state index in [9.17, 15) is 10.2 Å². The van der Waals surface area contributed by atoms with Gasteiger partial charge in [0.1, 0.15) is 12.2 Å². The summed E-state index contributed by atoms with van der Waals surface area (Å²) < 4.78 is 21.9. The second-order valence-electron chi connectivity index (χ2n) is 6.04. The Hall–Kier alpha value is -2.90. The predicted octanol–water partition coefficient (Wildman–Crippen LogP) is 2.92. The number of hydrogen-bond donors (Lipinski definition) is 3. The Labute approximate surface area is 164 Å². The number of ether oxygens (including phenoxy) is 4. The number of rotatable bonds is 9. The van der Waals surface area contributed by atoms with Crippen LogP contribution in [0, 0.1) is 0 Å². The van der Waals surface area contributed by atoms with Crippen molar-refractivity contribution in [1.29, 1.82) is 0 Å². The Bertz CT molecular complexity index is 791. The van der Waals surface area contributed by atoms with Crippen LogP contribution in [0.5, 0.6) is 28.7 Å². The molecule has 0 aromatic heterocycles. The maximum Gasteiger partial charge on any atom is 0.203 e. The lowest BCUT2D eigenvalue weighted by Gasteiger charge is -2.24. The number of benzene rings is 2. The largest absolute Gasteiger partial charge is 0.504 e. The molecule has 28 heavy (non-hydrogen) atoms. The van der Waals surface area contributed by atoms with Crippen LogP contribution in [0.1, 0.15) is 24.2 Å². The average Bonchev–Trinajstić information content (AvgIpc) is 2.72. The summed E-state index contributed by atoms with van der Waals surface area (Å²) >= 11 is 0. The normalized spacial score (nSPS) is 13.2. The van der Waals surface area contributed by atoms with Crippen LogP contribution in [-0.2, 0) is 0 Å². The summed E-state index contributed by atoms with van der Waals surface area (Å²) in [6.07, 6.45) is 1.68. The van der Waals surface area contributed by atoms with Gasteiger partial charge < -0.3 is 34.3 Å². The summed E-state index contributed by atoms with van der Waals surface area (Å²) in [5.41, 5.74) is 1.30. The minimum Gasteiger partial charge on any atom is -0.504 e. The molecule has 0 bridgehead atoms. The van der Waals surface area contributed by atoms with Crippen LogP contribution in [-0.4, -0.2) is 49.4 Å².